The van der Waals surface area contributed by atoms with Crippen LogP contribution in [0.4, 0.5) is 0 Å². The summed E-state index contributed by atoms with van der Waals surface area (Å²) in [7, 11) is 3.19. The molecule has 1 saturated heterocycles. The SMILES string of the molecule is COc1ccc(OC)c(-c2ccc(C(=O)N3[C@@H](c4ccccc4Cl)CC[C@H]3C(=O)O)cc2)c1. The number of halogens is 1. The summed E-state index contributed by atoms with van der Waals surface area (Å²) in [6.07, 6.45) is 0.904. The van der Waals surface area contributed by atoms with Gasteiger partial charge in [-0.2, -0.15) is 0 Å². The monoisotopic (exact) mass is 465 g/mol. The largest absolute Gasteiger partial charge is 0.497 e. The molecule has 1 aliphatic heterocycles. The minimum atomic E-state index is -1.02. The quantitative estimate of drug-likeness (QED) is 0.523. The number of hydrogen-bond donors (Lipinski definition) is 1. The van der Waals surface area contributed by atoms with Crippen molar-refractivity contribution >= 4 is 23.5 Å². The van der Waals surface area contributed by atoms with Gasteiger partial charge in [-0.15, -0.1) is 0 Å². The molecule has 1 fully saturated rings. The molecule has 1 N–H and O–H groups in total. The minimum absolute atomic E-state index is 0.339. The van der Waals surface area contributed by atoms with Crippen molar-refractivity contribution in [2.24, 2.45) is 0 Å². The standard InChI is InChI=1S/C26H24ClNO5/c1-32-18-11-14-24(33-2)20(15-18)16-7-9-17(10-8-16)25(29)28-22(12-13-23(28)26(30)31)19-5-3-4-6-21(19)27/h3-11,14-15,22-23H,12-13H2,1-2H3,(H,30,31)/t22-,23+/m1/s1. The van der Waals surface area contributed by atoms with Crippen LogP contribution in [0.15, 0.2) is 66.7 Å². The van der Waals surface area contributed by atoms with Gasteiger partial charge in [0.1, 0.15) is 17.5 Å². The Morgan fingerprint density at radius 1 is 0.970 bits per heavy atom. The molecule has 0 spiro atoms. The Labute approximate surface area is 197 Å². The molecule has 0 radical (unpaired) electrons. The van der Waals surface area contributed by atoms with Crippen LogP contribution in [0.5, 0.6) is 11.5 Å². The van der Waals surface area contributed by atoms with Gasteiger partial charge in [-0.1, -0.05) is 41.9 Å². The summed E-state index contributed by atoms with van der Waals surface area (Å²) in [6.45, 7) is 0. The number of carboxylic acid groups (broad SMARTS) is 1. The molecule has 4 rings (SSSR count). The molecule has 0 bridgehead atoms. The second-order valence-corrected chi connectivity index (χ2v) is 8.23. The fourth-order valence-corrected chi connectivity index (χ4v) is 4.63. The number of carbonyl (C=O) groups is 2. The van der Waals surface area contributed by atoms with E-state index in [-0.39, 0.29) is 5.91 Å². The average Bonchev–Trinajstić information content (AvgIpc) is 3.29. The predicted molar refractivity (Wildman–Crippen MR) is 126 cm³/mol. The van der Waals surface area contributed by atoms with Gasteiger partial charge in [0.15, 0.2) is 0 Å². The van der Waals surface area contributed by atoms with Gasteiger partial charge in [0.25, 0.3) is 5.91 Å². The van der Waals surface area contributed by atoms with Crippen LogP contribution in [0, 0.1) is 0 Å². The lowest BCUT2D eigenvalue weighted by atomic mass is 10.0. The fraction of sp³-hybridized carbons (Fsp3) is 0.231. The number of nitrogens with zero attached hydrogens (tertiary/aromatic N) is 1. The molecule has 7 heteroatoms. The van der Waals surface area contributed by atoms with E-state index in [2.05, 4.69) is 0 Å². The van der Waals surface area contributed by atoms with Crippen molar-refractivity contribution in [1.29, 1.82) is 0 Å². The maximum atomic E-state index is 13.5. The highest BCUT2D eigenvalue weighted by Gasteiger charge is 2.42. The van der Waals surface area contributed by atoms with Gasteiger partial charge in [0.05, 0.1) is 20.3 Å². The van der Waals surface area contributed by atoms with Gasteiger partial charge in [-0.25, -0.2) is 4.79 Å². The Morgan fingerprint density at radius 2 is 1.70 bits per heavy atom. The highest BCUT2D eigenvalue weighted by Crippen LogP contribution is 2.40. The van der Waals surface area contributed by atoms with E-state index in [1.165, 1.54) is 4.90 Å². The molecule has 0 aromatic heterocycles. The zero-order valence-electron chi connectivity index (χ0n) is 18.3. The van der Waals surface area contributed by atoms with E-state index in [9.17, 15) is 14.7 Å². The Morgan fingerprint density at radius 3 is 2.33 bits per heavy atom. The third-order valence-corrected chi connectivity index (χ3v) is 6.36. The van der Waals surface area contributed by atoms with E-state index < -0.39 is 18.1 Å². The molecule has 6 nitrogen and oxygen atoms in total. The molecule has 0 saturated carbocycles. The Kier molecular flexibility index (Phi) is 6.56. The van der Waals surface area contributed by atoms with E-state index in [0.29, 0.717) is 34.9 Å². The number of carboxylic acids is 1. The molecule has 1 heterocycles. The van der Waals surface area contributed by atoms with Crippen LogP contribution in [0.1, 0.15) is 34.8 Å². The van der Waals surface area contributed by atoms with Crippen molar-refractivity contribution in [3.05, 3.63) is 82.9 Å². The van der Waals surface area contributed by atoms with Crippen LogP contribution < -0.4 is 9.47 Å². The number of amides is 1. The van der Waals surface area contributed by atoms with E-state index in [1.807, 2.05) is 48.5 Å². The zero-order chi connectivity index (χ0) is 23.5. The molecule has 0 unspecified atom stereocenters. The smallest absolute Gasteiger partial charge is 0.326 e. The summed E-state index contributed by atoms with van der Waals surface area (Å²) in [5, 5.41) is 10.3. The first-order chi connectivity index (χ1) is 15.9. The number of benzene rings is 3. The van der Waals surface area contributed by atoms with Crippen molar-refractivity contribution in [3.8, 4) is 22.6 Å². The van der Waals surface area contributed by atoms with Crippen LogP contribution in [0.25, 0.3) is 11.1 Å². The number of hydrogen-bond acceptors (Lipinski definition) is 4. The predicted octanol–water partition coefficient (Wildman–Crippen LogP) is 5.45. The molecule has 3 aromatic carbocycles. The maximum absolute atomic E-state index is 13.5. The third kappa shape index (κ3) is 4.39. The second kappa shape index (κ2) is 9.55. The molecule has 170 valence electrons. The first-order valence-corrected chi connectivity index (χ1v) is 10.9. The van der Waals surface area contributed by atoms with Crippen molar-refractivity contribution < 1.29 is 24.2 Å². The van der Waals surface area contributed by atoms with Gasteiger partial charge >= 0.3 is 5.97 Å². The van der Waals surface area contributed by atoms with Crippen molar-refractivity contribution in [2.45, 2.75) is 24.9 Å². The summed E-state index contributed by atoms with van der Waals surface area (Å²) >= 11 is 6.38. The maximum Gasteiger partial charge on any atom is 0.326 e. The number of aliphatic carboxylic acids is 1. The molecule has 1 amide bonds. The average molecular weight is 466 g/mol. The lowest BCUT2D eigenvalue weighted by Gasteiger charge is -2.29. The van der Waals surface area contributed by atoms with Gasteiger partial charge < -0.3 is 19.5 Å². The van der Waals surface area contributed by atoms with Gasteiger partial charge in [0.2, 0.25) is 0 Å². The number of likely N-dealkylation sites (tertiary alicyclic amines) is 1. The van der Waals surface area contributed by atoms with Crippen LogP contribution >= 0.6 is 11.6 Å². The summed E-state index contributed by atoms with van der Waals surface area (Å²) in [5.74, 6) is 0.0127. The first-order valence-electron chi connectivity index (χ1n) is 10.6. The van der Waals surface area contributed by atoms with Gasteiger partial charge in [-0.05, 0) is 60.4 Å². The third-order valence-electron chi connectivity index (χ3n) is 6.02. The van der Waals surface area contributed by atoms with E-state index in [4.69, 9.17) is 21.1 Å². The molecular weight excluding hydrogens is 442 g/mol. The van der Waals surface area contributed by atoms with Gasteiger partial charge in [0, 0.05) is 16.1 Å². The molecule has 33 heavy (non-hydrogen) atoms. The van der Waals surface area contributed by atoms with Crippen molar-refractivity contribution in [3.63, 3.8) is 0 Å². The number of carbonyl (C=O) groups excluding carboxylic acids is 1. The Balaban J connectivity index is 1.68. The molecule has 0 aliphatic carbocycles. The lowest BCUT2D eigenvalue weighted by molar-refractivity contribution is -0.141. The topological polar surface area (TPSA) is 76.1 Å². The van der Waals surface area contributed by atoms with Crippen LogP contribution in [-0.2, 0) is 4.79 Å². The normalized spacial score (nSPS) is 17.6. The summed E-state index contributed by atoms with van der Waals surface area (Å²) < 4.78 is 10.8. The van der Waals surface area contributed by atoms with Gasteiger partial charge in [-0.3, -0.25) is 4.79 Å². The number of rotatable bonds is 6. The first kappa shape index (κ1) is 22.7. The number of methoxy groups -OCH3 is 2. The molecule has 3 aromatic rings. The van der Waals surface area contributed by atoms with Crippen LogP contribution in [0.3, 0.4) is 0 Å². The molecular formula is C26H24ClNO5. The van der Waals surface area contributed by atoms with Crippen LogP contribution in [-0.4, -0.2) is 42.1 Å². The summed E-state index contributed by atoms with van der Waals surface area (Å²) in [4.78, 5) is 26.9. The van der Waals surface area contributed by atoms with Crippen molar-refractivity contribution in [2.75, 3.05) is 14.2 Å². The minimum Gasteiger partial charge on any atom is -0.497 e. The summed E-state index contributed by atoms with van der Waals surface area (Å²) in [5.41, 5.74) is 2.84. The van der Waals surface area contributed by atoms with E-state index in [1.54, 1.807) is 32.4 Å². The fourth-order valence-electron chi connectivity index (χ4n) is 4.37. The Bertz CT molecular complexity index is 1180. The second-order valence-electron chi connectivity index (χ2n) is 7.82. The lowest BCUT2D eigenvalue weighted by Crippen LogP contribution is -2.41. The highest BCUT2D eigenvalue weighted by molar-refractivity contribution is 6.31. The van der Waals surface area contributed by atoms with E-state index in [0.717, 1.165) is 16.7 Å². The summed E-state index contributed by atoms with van der Waals surface area (Å²) in [6, 6.07) is 18.5. The number of ether oxygens (including phenoxy) is 2. The molecule has 2 atom stereocenters. The van der Waals surface area contributed by atoms with Crippen LogP contribution in [0.2, 0.25) is 5.02 Å². The molecule has 1 aliphatic rings. The highest BCUT2D eigenvalue weighted by atomic mass is 35.5. The zero-order valence-corrected chi connectivity index (χ0v) is 19.1. The van der Waals surface area contributed by atoms with Crippen molar-refractivity contribution in [1.82, 2.24) is 4.90 Å². The van der Waals surface area contributed by atoms with E-state index >= 15 is 0 Å². The Hall–Kier alpha value is -3.51.